The summed E-state index contributed by atoms with van der Waals surface area (Å²) in [6.45, 7) is 15.2. The van der Waals surface area contributed by atoms with Gasteiger partial charge in [-0.25, -0.2) is 16.8 Å². The Kier molecular flexibility index (Phi) is 37.1. The molecule has 5 aromatic carbocycles. The van der Waals surface area contributed by atoms with Gasteiger partial charge in [0.2, 0.25) is 0 Å². The smallest absolute Gasteiger partial charge is 0.182 e. The Morgan fingerprint density at radius 1 is 0.256 bits per heavy atom. The number of hydrogen-bond donors (Lipinski definition) is 0. The van der Waals surface area contributed by atoms with Crippen molar-refractivity contribution in [3.8, 4) is 23.0 Å². The van der Waals surface area contributed by atoms with E-state index in [2.05, 4.69) is 113 Å². The fourth-order valence-corrected chi connectivity index (χ4v) is 14.0. The van der Waals surface area contributed by atoms with Gasteiger partial charge in [0.25, 0.3) is 0 Å². The summed E-state index contributed by atoms with van der Waals surface area (Å²) >= 11 is 0. The van der Waals surface area contributed by atoms with Gasteiger partial charge in [0.15, 0.2) is 19.7 Å². The van der Waals surface area contributed by atoms with Crippen molar-refractivity contribution in [2.75, 3.05) is 37.9 Å². The molecular weight excluding hydrogens is 1150 g/mol. The predicted molar refractivity (Wildman–Crippen MR) is 387 cm³/mol. The third kappa shape index (κ3) is 29.2. The molecule has 0 aliphatic heterocycles. The average molecular weight is 1270 g/mol. The number of ether oxygens (including phenoxy) is 4. The average Bonchev–Trinajstić information content (AvgIpc) is 2.84. The number of benzene rings is 5. The molecule has 494 valence electrons. The van der Waals surface area contributed by atoms with Crippen molar-refractivity contribution in [2.45, 2.75) is 244 Å². The molecule has 0 N–H and O–H groups in total. The van der Waals surface area contributed by atoms with Crippen molar-refractivity contribution >= 4 is 68.3 Å². The third-order valence-electron chi connectivity index (χ3n) is 16.4. The first-order valence-corrected chi connectivity index (χ1v) is 38.6. The zero-order valence-corrected chi connectivity index (χ0v) is 58.0. The summed E-state index contributed by atoms with van der Waals surface area (Å²) in [7, 11) is -7.06. The van der Waals surface area contributed by atoms with Gasteiger partial charge in [-0.2, -0.15) is 0 Å². The minimum absolute atomic E-state index is 0.123. The lowest BCUT2D eigenvalue weighted by Crippen LogP contribution is -2.10. The van der Waals surface area contributed by atoms with Crippen molar-refractivity contribution in [1.82, 2.24) is 0 Å². The van der Waals surface area contributed by atoms with E-state index in [0.717, 1.165) is 133 Å². The third-order valence-corrected chi connectivity index (χ3v) is 20.1. The van der Waals surface area contributed by atoms with Crippen LogP contribution in [0.2, 0.25) is 0 Å². The monoisotopic (exact) mass is 1270 g/mol. The molecule has 0 saturated carbocycles. The normalized spacial score (nSPS) is 12.2. The molecule has 0 atom stereocenters. The van der Waals surface area contributed by atoms with Crippen LogP contribution >= 0.6 is 0 Å². The van der Waals surface area contributed by atoms with Crippen LogP contribution in [0.25, 0.3) is 48.6 Å². The molecule has 0 fully saturated rings. The molecule has 90 heavy (non-hydrogen) atoms. The Hall–Kier alpha value is -5.84. The molecule has 0 bridgehead atoms. The highest BCUT2D eigenvalue weighted by molar-refractivity contribution is 7.91. The topological polar surface area (TPSA) is 105 Å². The molecule has 0 unspecified atom stereocenters. The molecule has 8 nitrogen and oxygen atoms in total. The van der Waals surface area contributed by atoms with Gasteiger partial charge in [-0.05, 0) is 108 Å². The molecule has 0 heterocycles. The van der Waals surface area contributed by atoms with E-state index in [1.54, 1.807) is 24.3 Å². The van der Waals surface area contributed by atoms with Gasteiger partial charge in [-0.1, -0.05) is 305 Å². The lowest BCUT2D eigenvalue weighted by molar-refractivity contribution is 0.295. The Labute approximate surface area is 547 Å². The summed E-state index contributed by atoms with van der Waals surface area (Å²) in [4.78, 5) is 0.558. The van der Waals surface area contributed by atoms with Crippen LogP contribution in [0.3, 0.4) is 0 Å². The number of unbranched alkanes of at least 4 members (excludes halogenated alkanes) is 24. The maximum Gasteiger partial charge on any atom is 0.182 e. The van der Waals surface area contributed by atoms with Crippen LogP contribution in [0.5, 0.6) is 23.0 Å². The van der Waals surface area contributed by atoms with E-state index in [4.69, 9.17) is 18.9 Å². The molecule has 0 aliphatic carbocycles. The van der Waals surface area contributed by atoms with E-state index < -0.39 is 19.7 Å². The first kappa shape index (κ1) is 74.9. The number of hydrogen-bond acceptors (Lipinski definition) is 8. The largest absolute Gasteiger partial charge is 0.493 e. The van der Waals surface area contributed by atoms with Gasteiger partial charge in [-0.15, -0.1) is 0 Å². The van der Waals surface area contributed by atoms with Crippen LogP contribution in [0, 0.1) is 0 Å². The Morgan fingerprint density at radius 2 is 0.511 bits per heavy atom. The second-order valence-corrected chi connectivity index (χ2v) is 28.7. The van der Waals surface area contributed by atoms with Crippen molar-refractivity contribution in [1.29, 1.82) is 0 Å². The molecule has 0 radical (unpaired) electrons. The van der Waals surface area contributed by atoms with Gasteiger partial charge in [-0.3, -0.25) is 0 Å². The Morgan fingerprint density at radius 3 is 0.822 bits per heavy atom. The lowest BCUT2D eigenvalue weighted by atomic mass is 10.0. The zero-order valence-electron chi connectivity index (χ0n) is 56.4. The quantitative estimate of drug-likeness (QED) is 0.0280. The van der Waals surface area contributed by atoms with Crippen LogP contribution < -0.4 is 18.9 Å². The summed E-state index contributed by atoms with van der Waals surface area (Å²) in [6, 6.07) is 32.0. The fraction of sp³-hybridized carbons (Fsp3) is 0.525. The molecule has 0 aliphatic rings. The minimum atomic E-state index is -3.53. The van der Waals surface area contributed by atoms with Gasteiger partial charge in [0, 0.05) is 11.1 Å². The van der Waals surface area contributed by atoms with E-state index in [0.29, 0.717) is 50.8 Å². The van der Waals surface area contributed by atoms with E-state index in [9.17, 15) is 16.8 Å². The summed E-state index contributed by atoms with van der Waals surface area (Å²) in [5.41, 5.74) is 7.61. The Balaban J connectivity index is 1.35. The van der Waals surface area contributed by atoms with Gasteiger partial charge >= 0.3 is 0 Å². The zero-order chi connectivity index (χ0) is 64.3. The SMILES string of the molecule is CCCCCCCCCCS(=O)(=O)c1cc(/C=C/c2ccc(/C=C/c3cc(OCCCCCCCC)c(/C=C/c4ccc(/C=C/c5ccc(OCCC)c(S(=O)(=O)CCCCCCCCCC)c5)cc4)cc3OCCCCCCCC)cc2)ccc1OCCC. The Bertz CT molecular complexity index is 2910. The van der Waals surface area contributed by atoms with E-state index in [-0.39, 0.29) is 21.3 Å². The minimum Gasteiger partial charge on any atom is -0.493 e. The number of rotatable bonds is 50. The first-order valence-electron chi connectivity index (χ1n) is 35.3. The van der Waals surface area contributed by atoms with Crippen LogP contribution in [0.4, 0.5) is 0 Å². The maximum atomic E-state index is 13.8. The maximum absolute atomic E-state index is 13.8. The fourth-order valence-electron chi connectivity index (χ4n) is 10.9. The summed E-state index contributed by atoms with van der Waals surface area (Å²) in [5.74, 6) is 2.74. The van der Waals surface area contributed by atoms with Crippen molar-refractivity contribution in [3.05, 3.63) is 142 Å². The second-order valence-electron chi connectivity index (χ2n) is 24.5. The predicted octanol–water partition coefficient (Wildman–Crippen LogP) is 23.3. The van der Waals surface area contributed by atoms with E-state index in [1.807, 2.05) is 50.3 Å². The van der Waals surface area contributed by atoms with E-state index >= 15 is 0 Å². The highest BCUT2D eigenvalue weighted by Gasteiger charge is 2.22. The summed E-state index contributed by atoms with van der Waals surface area (Å²) in [6.07, 6.45) is 49.7. The molecule has 5 aromatic rings. The van der Waals surface area contributed by atoms with Gasteiger partial charge in [0.1, 0.15) is 32.8 Å². The second kappa shape index (κ2) is 44.6. The standard InChI is InChI=1S/C80H114O8S2/c1-7-13-17-21-25-27-31-35-61-89(81,82)79-63-71(51-55-75(79)85-57-11-5)47-45-67-37-41-69(42-38-67)49-53-73-65-78(88-60-34-30-24-20-16-10-4)74(66-77(73)87-59-33-29-23-19-15-9-3)54-50-70-43-39-68(40-44-70)46-48-72-52-56-76(86-58-12-6)80(64-72)90(83,84)62-36-32-28-26-22-18-14-8-2/h37-56,63-66H,7-36,57-62H2,1-6H3/b47-45+,48-46+,53-49+,54-50+. The number of sulfone groups is 2. The molecule has 10 heteroatoms. The molecule has 5 rings (SSSR count). The molecule has 0 saturated heterocycles. The highest BCUT2D eigenvalue weighted by atomic mass is 32.2. The van der Waals surface area contributed by atoms with Crippen LogP contribution in [-0.4, -0.2) is 54.8 Å². The summed E-state index contributed by atoms with van der Waals surface area (Å²) < 4.78 is 80.4. The molecule has 0 spiro atoms. The molecule has 0 amide bonds. The van der Waals surface area contributed by atoms with E-state index in [1.165, 1.54) is 103 Å². The van der Waals surface area contributed by atoms with Crippen molar-refractivity contribution in [3.63, 3.8) is 0 Å². The lowest BCUT2D eigenvalue weighted by Gasteiger charge is -2.16. The molecular formula is C80H114O8S2. The van der Waals surface area contributed by atoms with Crippen LogP contribution in [0.1, 0.15) is 279 Å². The molecule has 0 aromatic heterocycles. The van der Waals surface area contributed by atoms with Gasteiger partial charge < -0.3 is 18.9 Å². The van der Waals surface area contributed by atoms with Crippen LogP contribution in [0.15, 0.2) is 107 Å². The van der Waals surface area contributed by atoms with Crippen LogP contribution in [-0.2, 0) is 19.7 Å². The van der Waals surface area contributed by atoms with Gasteiger partial charge in [0.05, 0.1) is 37.9 Å². The van der Waals surface area contributed by atoms with Crippen molar-refractivity contribution < 1.29 is 35.8 Å². The summed E-state index contributed by atoms with van der Waals surface area (Å²) in [5, 5.41) is 0. The van der Waals surface area contributed by atoms with Crippen molar-refractivity contribution in [2.24, 2.45) is 0 Å². The first-order chi connectivity index (χ1) is 43.9. The highest BCUT2D eigenvalue weighted by Crippen LogP contribution is 2.35.